The molecule has 136 valence electrons. The van der Waals surface area contributed by atoms with Crippen LogP contribution in [0.1, 0.15) is 25.8 Å². The van der Waals surface area contributed by atoms with Crippen molar-refractivity contribution < 1.29 is 9.47 Å². The van der Waals surface area contributed by atoms with Gasteiger partial charge in [-0.15, -0.1) is 0 Å². The second-order valence-corrected chi connectivity index (χ2v) is 7.66. The minimum absolute atomic E-state index is 0.586. The molecule has 5 nitrogen and oxygen atoms in total. The summed E-state index contributed by atoms with van der Waals surface area (Å²) in [5, 5.41) is 5.08. The number of nitrogens with one attached hydrogen (secondary N) is 1. The molecule has 1 N–H and O–H groups in total. The summed E-state index contributed by atoms with van der Waals surface area (Å²) in [6.45, 7) is 5.31. The Labute approximate surface area is 170 Å². The lowest BCUT2D eigenvalue weighted by atomic mass is 10.2. The number of ether oxygens (including phenoxy) is 2. The maximum Gasteiger partial charge on any atom is 0.204 e. The van der Waals surface area contributed by atoms with E-state index in [1.54, 1.807) is 17.6 Å². The van der Waals surface area contributed by atoms with E-state index >= 15 is 0 Å². The maximum absolute atomic E-state index is 5.83. The Kier molecular flexibility index (Phi) is 6.67. The van der Waals surface area contributed by atoms with Crippen molar-refractivity contribution in [2.24, 2.45) is 5.10 Å². The van der Waals surface area contributed by atoms with Gasteiger partial charge in [0.2, 0.25) is 5.13 Å². The Morgan fingerprint density at radius 1 is 1.23 bits per heavy atom. The molecule has 7 heteroatoms. The van der Waals surface area contributed by atoms with E-state index in [0.717, 1.165) is 42.4 Å². The topological polar surface area (TPSA) is 55.7 Å². The molecule has 0 aliphatic rings. The summed E-state index contributed by atoms with van der Waals surface area (Å²) in [4.78, 5) is 4.50. The molecular weight excluding hydrogens is 461 g/mol. The molecule has 26 heavy (non-hydrogen) atoms. The van der Waals surface area contributed by atoms with E-state index < -0.39 is 0 Å². The van der Waals surface area contributed by atoms with Gasteiger partial charge in [0.15, 0.2) is 11.5 Å². The van der Waals surface area contributed by atoms with Crippen molar-refractivity contribution in [2.45, 2.75) is 20.3 Å². The van der Waals surface area contributed by atoms with Gasteiger partial charge in [-0.25, -0.2) is 4.98 Å². The van der Waals surface area contributed by atoms with Crippen LogP contribution >= 0.6 is 33.9 Å². The van der Waals surface area contributed by atoms with E-state index in [0.29, 0.717) is 13.2 Å². The normalized spacial score (nSPS) is 11.2. The minimum atomic E-state index is 0.586. The standard InChI is InChI=1S/C19H20IN3O2S/c1-3-9-25-18-14(20)10-13(11-16(18)24-4-2)12-21-23-19-22-15-7-5-6-8-17(15)26-19/h5-8,10-12H,3-4,9H2,1-2H3,(H,22,23)/b21-12+. The molecule has 1 heterocycles. The SMILES string of the molecule is CCCOc1c(I)cc(/C=N/Nc2nc3ccccc3s2)cc1OCC. The van der Waals surface area contributed by atoms with E-state index in [2.05, 4.69) is 45.0 Å². The van der Waals surface area contributed by atoms with Crippen LogP contribution in [0, 0.1) is 3.57 Å². The van der Waals surface area contributed by atoms with Crippen LogP contribution in [0.15, 0.2) is 41.5 Å². The lowest BCUT2D eigenvalue weighted by Crippen LogP contribution is -2.03. The number of rotatable bonds is 8. The number of fused-ring (bicyclic) bond motifs is 1. The summed E-state index contributed by atoms with van der Waals surface area (Å²) >= 11 is 3.84. The first-order valence-corrected chi connectivity index (χ1v) is 10.3. The Hall–Kier alpha value is -1.87. The molecular formula is C19H20IN3O2S. The lowest BCUT2D eigenvalue weighted by molar-refractivity contribution is 0.275. The third kappa shape index (κ3) is 4.64. The van der Waals surface area contributed by atoms with E-state index in [-0.39, 0.29) is 0 Å². The molecule has 0 fully saturated rings. The summed E-state index contributed by atoms with van der Waals surface area (Å²) in [7, 11) is 0. The average molecular weight is 481 g/mol. The van der Waals surface area contributed by atoms with Crippen LogP contribution in [0.25, 0.3) is 10.2 Å². The second kappa shape index (κ2) is 9.18. The molecule has 0 saturated carbocycles. The molecule has 0 atom stereocenters. The highest BCUT2D eigenvalue weighted by Crippen LogP contribution is 2.34. The number of nitrogens with zero attached hydrogens (tertiary/aromatic N) is 2. The first kappa shape index (κ1) is 18.9. The van der Waals surface area contributed by atoms with Crippen molar-refractivity contribution in [3.05, 3.63) is 45.5 Å². The summed E-state index contributed by atoms with van der Waals surface area (Å²) in [5.41, 5.74) is 4.92. The second-order valence-electron chi connectivity index (χ2n) is 5.47. The van der Waals surface area contributed by atoms with Crippen molar-refractivity contribution in [3.8, 4) is 11.5 Å². The van der Waals surface area contributed by atoms with Gasteiger partial charge in [-0.1, -0.05) is 30.4 Å². The predicted molar refractivity (Wildman–Crippen MR) is 117 cm³/mol. The number of aromatic nitrogens is 1. The molecule has 0 unspecified atom stereocenters. The molecule has 3 aromatic rings. The first-order chi connectivity index (χ1) is 12.7. The highest BCUT2D eigenvalue weighted by Gasteiger charge is 2.11. The molecule has 0 radical (unpaired) electrons. The zero-order valence-electron chi connectivity index (χ0n) is 14.7. The quantitative estimate of drug-likeness (QED) is 0.261. The highest BCUT2D eigenvalue weighted by molar-refractivity contribution is 14.1. The van der Waals surface area contributed by atoms with E-state index in [1.165, 1.54) is 0 Å². The Morgan fingerprint density at radius 2 is 2.08 bits per heavy atom. The fourth-order valence-electron chi connectivity index (χ4n) is 2.35. The van der Waals surface area contributed by atoms with Gasteiger partial charge in [0, 0.05) is 0 Å². The zero-order chi connectivity index (χ0) is 18.4. The molecule has 0 saturated heterocycles. The van der Waals surface area contributed by atoms with Crippen LogP contribution in [0.2, 0.25) is 0 Å². The van der Waals surface area contributed by atoms with Crippen molar-refractivity contribution in [1.82, 2.24) is 4.98 Å². The molecule has 0 spiro atoms. The molecule has 3 rings (SSSR count). The van der Waals surface area contributed by atoms with Crippen molar-refractivity contribution in [3.63, 3.8) is 0 Å². The van der Waals surface area contributed by atoms with Gasteiger partial charge in [0.1, 0.15) is 0 Å². The van der Waals surface area contributed by atoms with Gasteiger partial charge in [-0.05, 0) is 65.8 Å². The Balaban J connectivity index is 1.76. The molecule has 0 bridgehead atoms. The van der Waals surface area contributed by atoms with E-state index in [1.807, 2.05) is 43.3 Å². The number of hydrogen-bond donors (Lipinski definition) is 1. The predicted octanol–water partition coefficient (Wildman–Crippen LogP) is 5.53. The Bertz CT molecular complexity index is 878. The van der Waals surface area contributed by atoms with Gasteiger partial charge in [0.25, 0.3) is 0 Å². The number of halogens is 1. The zero-order valence-corrected chi connectivity index (χ0v) is 17.6. The average Bonchev–Trinajstić information content (AvgIpc) is 3.04. The van der Waals surface area contributed by atoms with Crippen LogP contribution in [-0.2, 0) is 0 Å². The van der Waals surface area contributed by atoms with Crippen LogP contribution in [0.3, 0.4) is 0 Å². The summed E-state index contributed by atoms with van der Waals surface area (Å²) in [6, 6.07) is 12.0. The third-order valence-electron chi connectivity index (χ3n) is 3.45. The minimum Gasteiger partial charge on any atom is -0.490 e. The number of hydrazone groups is 1. The molecule has 0 amide bonds. The Morgan fingerprint density at radius 3 is 2.85 bits per heavy atom. The molecule has 0 aliphatic heterocycles. The highest BCUT2D eigenvalue weighted by atomic mass is 127. The lowest BCUT2D eigenvalue weighted by Gasteiger charge is -2.14. The van der Waals surface area contributed by atoms with Crippen LogP contribution in [0.4, 0.5) is 5.13 Å². The monoisotopic (exact) mass is 481 g/mol. The molecule has 2 aromatic carbocycles. The number of para-hydroxylation sites is 1. The summed E-state index contributed by atoms with van der Waals surface area (Å²) < 4.78 is 13.7. The fourth-order valence-corrected chi connectivity index (χ4v) is 3.95. The van der Waals surface area contributed by atoms with Gasteiger partial charge < -0.3 is 9.47 Å². The van der Waals surface area contributed by atoms with Gasteiger partial charge in [-0.2, -0.15) is 5.10 Å². The number of thiazole rings is 1. The van der Waals surface area contributed by atoms with Crippen molar-refractivity contribution in [2.75, 3.05) is 18.6 Å². The number of anilines is 1. The van der Waals surface area contributed by atoms with Crippen LogP contribution in [0.5, 0.6) is 11.5 Å². The van der Waals surface area contributed by atoms with E-state index in [9.17, 15) is 0 Å². The van der Waals surface area contributed by atoms with Gasteiger partial charge >= 0.3 is 0 Å². The number of benzene rings is 2. The molecule has 1 aromatic heterocycles. The maximum atomic E-state index is 5.83. The number of hydrogen-bond acceptors (Lipinski definition) is 6. The van der Waals surface area contributed by atoms with E-state index in [4.69, 9.17) is 9.47 Å². The third-order valence-corrected chi connectivity index (χ3v) is 5.19. The van der Waals surface area contributed by atoms with Gasteiger partial charge in [-0.3, -0.25) is 5.43 Å². The van der Waals surface area contributed by atoms with Crippen molar-refractivity contribution in [1.29, 1.82) is 0 Å². The first-order valence-electron chi connectivity index (χ1n) is 8.45. The summed E-state index contributed by atoms with van der Waals surface area (Å²) in [6.07, 6.45) is 2.72. The van der Waals surface area contributed by atoms with Gasteiger partial charge in [0.05, 0.1) is 33.2 Å². The molecule has 0 aliphatic carbocycles. The van der Waals surface area contributed by atoms with Crippen LogP contribution < -0.4 is 14.9 Å². The largest absolute Gasteiger partial charge is 0.490 e. The fraction of sp³-hybridized carbons (Fsp3) is 0.263. The summed E-state index contributed by atoms with van der Waals surface area (Å²) in [5.74, 6) is 1.54. The van der Waals surface area contributed by atoms with Crippen molar-refractivity contribution >= 4 is 55.5 Å². The smallest absolute Gasteiger partial charge is 0.204 e. The van der Waals surface area contributed by atoms with Crippen LogP contribution in [-0.4, -0.2) is 24.4 Å².